The van der Waals surface area contributed by atoms with Gasteiger partial charge in [-0.2, -0.15) is 0 Å². The first-order valence-corrected chi connectivity index (χ1v) is 6.54. The molecule has 0 radical (unpaired) electrons. The number of halogens is 1. The highest BCUT2D eigenvalue weighted by atomic mass is 32.2. The third-order valence-corrected chi connectivity index (χ3v) is 4.15. The molecule has 0 unspecified atom stereocenters. The second-order valence-electron chi connectivity index (χ2n) is 4.97. The van der Waals surface area contributed by atoms with Gasteiger partial charge in [-0.05, 0) is 23.1 Å². The minimum Gasteiger partial charge on any atom is -0.219 e. The molecule has 1 heterocycles. The molecule has 0 saturated carbocycles. The largest absolute Gasteiger partial charge is 0.219 e. The van der Waals surface area contributed by atoms with Crippen molar-refractivity contribution < 1.29 is 12.8 Å². The van der Waals surface area contributed by atoms with E-state index < -0.39 is 15.7 Å². The van der Waals surface area contributed by atoms with E-state index in [1.54, 1.807) is 12.1 Å². The highest BCUT2D eigenvalue weighted by molar-refractivity contribution is 7.94. The minimum atomic E-state index is -3.55. The van der Waals surface area contributed by atoms with Crippen LogP contribution in [0.3, 0.4) is 0 Å². The van der Waals surface area contributed by atoms with Crippen LogP contribution in [-0.2, 0) is 15.3 Å². The summed E-state index contributed by atoms with van der Waals surface area (Å²) in [6.45, 7) is 6.00. The zero-order chi connectivity index (χ0) is 12.1. The van der Waals surface area contributed by atoms with E-state index in [9.17, 15) is 12.8 Å². The third-order valence-electron chi connectivity index (χ3n) is 2.67. The second kappa shape index (κ2) is 3.17. The van der Waals surface area contributed by atoms with Gasteiger partial charge in [-0.1, -0.05) is 26.8 Å². The van der Waals surface area contributed by atoms with Gasteiger partial charge in [0.1, 0.15) is 5.83 Å². The summed E-state index contributed by atoms with van der Waals surface area (Å²) in [4.78, 5) is 0.0676. The molecule has 0 bridgehead atoms. The molecule has 0 aliphatic carbocycles. The fraction of sp³-hybridized carbons (Fsp3) is 0.333. The van der Waals surface area contributed by atoms with Crippen molar-refractivity contribution in [3.05, 3.63) is 34.7 Å². The van der Waals surface area contributed by atoms with Gasteiger partial charge in [0, 0.05) is 5.56 Å². The van der Waals surface area contributed by atoms with E-state index in [0.717, 1.165) is 5.56 Å². The molecule has 86 valence electrons. The van der Waals surface area contributed by atoms with E-state index in [4.69, 9.17) is 0 Å². The van der Waals surface area contributed by atoms with E-state index in [2.05, 4.69) is 0 Å². The van der Waals surface area contributed by atoms with Gasteiger partial charge >= 0.3 is 0 Å². The average molecular weight is 240 g/mol. The first kappa shape index (κ1) is 11.3. The van der Waals surface area contributed by atoms with Gasteiger partial charge in [0.25, 0.3) is 0 Å². The minimum absolute atomic E-state index is 0.0676. The third kappa shape index (κ3) is 1.67. The first-order chi connectivity index (χ1) is 7.22. The highest BCUT2D eigenvalue weighted by Crippen LogP contribution is 2.36. The summed E-state index contributed by atoms with van der Waals surface area (Å²) >= 11 is 0. The molecule has 16 heavy (non-hydrogen) atoms. The molecule has 0 fully saturated rings. The number of fused-ring (bicyclic) bond motifs is 1. The lowest BCUT2D eigenvalue weighted by atomic mass is 9.86. The highest BCUT2D eigenvalue weighted by Gasteiger charge is 2.28. The predicted octanol–water partition coefficient (Wildman–Crippen LogP) is 3.04. The molecular weight excluding hydrogens is 227 g/mol. The average Bonchev–Trinajstić information content (AvgIpc) is 2.36. The topological polar surface area (TPSA) is 34.1 Å². The lowest BCUT2D eigenvalue weighted by Gasteiger charge is -2.19. The van der Waals surface area contributed by atoms with E-state index in [-0.39, 0.29) is 15.9 Å². The summed E-state index contributed by atoms with van der Waals surface area (Å²) in [6.07, 6.45) is 0. The van der Waals surface area contributed by atoms with E-state index in [0.29, 0.717) is 5.41 Å². The zero-order valence-corrected chi connectivity index (χ0v) is 10.2. The van der Waals surface area contributed by atoms with Crippen LogP contribution in [0.2, 0.25) is 0 Å². The first-order valence-electron chi connectivity index (χ1n) is 4.99. The van der Waals surface area contributed by atoms with E-state index >= 15 is 0 Å². The zero-order valence-electron chi connectivity index (χ0n) is 9.41. The van der Waals surface area contributed by atoms with Crippen molar-refractivity contribution in [3.63, 3.8) is 0 Å². The van der Waals surface area contributed by atoms with Gasteiger partial charge in [0.2, 0.25) is 9.84 Å². The lowest BCUT2D eigenvalue weighted by Crippen LogP contribution is -2.11. The Balaban J connectivity index is 2.68. The molecule has 1 aliphatic heterocycles. The SMILES string of the molecule is CC(C)(C)c1ccc2c(c1)C(F)=CS2(=O)=O. The van der Waals surface area contributed by atoms with E-state index in [1.807, 2.05) is 20.8 Å². The smallest absolute Gasteiger partial charge is 0.203 e. The van der Waals surface area contributed by atoms with Crippen molar-refractivity contribution in [1.29, 1.82) is 0 Å². The summed E-state index contributed by atoms with van der Waals surface area (Å²) in [7, 11) is -3.55. The van der Waals surface area contributed by atoms with Gasteiger partial charge in [-0.15, -0.1) is 0 Å². The van der Waals surface area contributed by atoms with Crippen LogP contribution in [0.25, 0.3) is 5.83 Å². The van der Waals surface area contributed by atoms with Gasteiger partial charge < -0.3 is 0 Å². The molecule has 0 saturated heterocycles. The van der Waals surface area contributed by atoms with Crippen LogP contribution in [0, 0.1) is 0 Å². The van der Waals surface area contributed by atoms with Crippen LogP contribution in [0.1, 0.15) is 31.9 Å². The number of hydrogen-bond acceptors (Lipinski definition) is 2. The van der Waals surface area contributed by atoms with Crippen LogP contribution in [0.15, 0.2) is 28.5 Å². The summed E-state index contributed by atoms with van der Waals surface area (Å²) in [6, 6.07) is 4.84. The summed E-state index contributed by atoms with van der Waals surface area (Å²) in [5.41, 5.74) is 0.987. The lowest BCUT2D eigenvalue weighted by molar-refractivity contribution is 0.587. The van der Waals surface area contributed by atoms with Crippen LogP contribution < -0.4 is 0 Å². The molecule has 1 aromatic rings. The molecule has 1 aromatic carbocycles. The predicted molar refractivity (Wildman–Crippen MR) is 61.4 cm³/mol. The number of hydrogen-bond donors (Lipinski definition) is 0. The van der Waals surface area contributed by atoms with Crippen LogP contribution in [0.5, 0.6) is 0 Å². The monoisotopic (exact) mass is 240 g/mol. The van der Waals surface area contributed by atoms with Crippen molar-refractivity contribution in [1.82, 2.24) is 0 Å². The van der Waals surface area contributed by atoms with Gasteiger partial charge in [-0.25, -0.2) is 12.8 Å². The summed E-state index contributed by atoms with van der Waals surface area (Å²) < 4.78 is 36.5. The molecule has 0 amide bonds. The van der Waals surface area contributed by atoms with Gasteiger partial charge in [-0.3, -0.25) is 0 Å². The molecule has 0 spiro atoms. The molecule has 2 rings (SSSR count). The maximum Gasteiger partial charge on any atom is 0.203 e. The molecule has 0 N–H and O–H groups in total. The molecule has 0 atom stereocenters. The number of benzene rings is 1. The van der Waals surface area contributed by atoms with Gasteiger partial charge in [0.15, 0.2) is 0 Å². The Labute approximate surface area is 94.7 Å². The van der Waals surface area contributed by atoms with Crippen molar-refractivity contribution >= 4 is 15.7 Å². The number of rotatable bonds is 0. The standard InChI is InChI=1S/C12H13FO2S/c1-12(2,3)8-4-5-11-9(6-8)10(13)7-16(11,14)15/h4-7H,1-3H3. The molecule has 2 nitrogen and oxygen atoms in total. The summed E-state index contributed by atoms with van der Waals surface area (Å²) in [5.74, 6) is -0.666. The van der Waals surface area contributed by atoms with Crippen LogP contribution in [-0.4, -0.2) is 8.42 Å². The fourth-order valence-corrected chi connectivity index (χ4v) is 2.94. The van der Waals surface area contributed by atoms with E-state index in [1.165, 1.54) is 6.07 Å². The Morgan fingerprint density at radius 1 is 1.19 bits per heavy atom. The quantitative estimate of drug-likeness (QED) is 0.698. The Bertz CT molecular complexity index is 578. The van der Waals surface area contributed by atoms with Crippen molar-refractivity contribution in [2.24, 2.45) is 0 Å². The van der Waals surface area contributed by atoms with Crippen molar-refractivity contribution in [3.8, 4) is 0 Å². The van der Waals surface area contributed by atoms with Crippen LogP contribution >= 0.6 is 0 Å². The van der Waals surface area contributed by atoms with Gasteiger partial charge in [0.05, 0.1) is 10.3 Å². The Hall–Kier alpha value is -1.16. The molecule has 4 heteroatoms. The maximum absolute atomic E-state index is 13.5. The molecule has 1 aliphatic rings. The molecule has 0 aromatic heterocycles. The second-order valence-corrected chi connectivity index (χ2v) is 6.74. The normalized spacial score (nSPS) is 18.1. The molecular formula is C12H13FO2S. The Kier molecular flexibility index (Phi) is 2.24. The Morgan fingerprint density at radius 3 is 2.38 bits per heavy atom. The maximum atomic E-state index is 13.5. The fourth-order valence-electron chi connectivity index (χ4n) is 1.69. The summed E-state index contributed by atoms with van der Waals surface area (Å²) in [5, 5.41) is 0.685. The van der Waals surface area contributed by atoms with Crippen molar-refractivity contribution in [2.75, 3.05) is 0 Å². The van der Waals surface area contributed by atoms with Crippen molar-refractivity contribution in [2.45, 2.75) is 31.1 Å². The van der Waals surface area contributed by atoms with Crippen LogP contribution in [0.4, 0.5) is 4.39 Å². The number of sulfone groups is 1. The Morgan fingerprint density at radius 2 is 1.81 bits per heavy atom.